The van der Waals surface area contributed by atoms with Gasteiger partial charge in [-0.25, -0.2) is 19.9 Å². The first kappa shape index (κ1) is 64.7. The van der Waals surface area contributed by atoms with E-state index in [1.807, 2.05) is 60.7 Å². The molecular weight excluding hydrogens is 1260 g/mol. The van der Waals surface area contributed by atoms with E-state index in [1.165, 1.54) is 87.2 Å². The van der Waals surface area contributed by atoms with Crippen LogP contribution in [0.15, 0.2) is 413 Å². The maximum absolute atomic E-state index is 5.13. The maximum Gasteiger partial charge on any atom is 0.160 e. The zero-order valence-corrected chi connectivity index (χ0v) is 56.9. The van der Waals surface area contributed by atoms with Gasteiger partial charge in [-0.15, -0.1) is 0 Å². The maximum atomic E-state index is 5.13. The molecule has 6 heteroatoms. The Kier molecular flexibility index (Phi) is 19.1. The van der Waals surface area contributed by atoms with Crippen LogP contribution in [-0.4, -0.2) is 29.9 Å². The molecule has 0 aliphatic heterocycles. The fraction of sp³-hybridized carbons (Fsp3) is 0. The van der Waals surface area contributed by atoms with Crippen molar-refractivity contribution in [3.8, 4) is 112 Å². The van der Waals surface area contributed by atoms with Crippen LogP contribution in [0.3, 0.4) is 0 Å². The average molecular weight is 1330 g/mol. The smallest absolute Gasteiger partial charge is 0.160 e. The van der Waals surface area contributed by atoms with Crippen LogP contribution in [-0.2, 0) is 0 Å². The molecule has 0 saturated heterocycles. The van der Waals surface area contributed by atoms with Crippen molar-refractivity contribution in [1.29, 1.82) is 0 Å². The standard InChI is InChI=1S/C46H30N2.C42H28N2.2C5H5N/c1-3-15-32(16-4-1)42-30-43(33-17-5-2-6-18-33)48-46(47-42)37-21-13-20-35(29-37)44-38-22-9-11-24-40(38)45(41-25-12-10-23-39(41)44)36-27-26-31-14-7-8-19-34(31)28-36;1-4-15-29(16-5-1)38-28-39(30-17-6-2-7-18-30)44-42(43-38)33-22-14-21-32(27-33)41-36-25-12-10-23-34(36)40(31-19-8-3-9-20-31)35-24-11-13-26-37(35)41;2*1-2-4-6-5-3-1/h1-30H;1-28H;2*1-5H. The van der Waals surface area contributed by atoms with Crippen LogP contribution in [0.2, 0.25) is 0 Å². The summed E-state index contributed by atoms with van der Waals surface area (Å²) < 4.78 is 0. The van der Waals surface area contributed by atoms with Crippen LogP contribution >= 0.6 is 0 Å². The number of fused-ring (bicyclic) bond motifs is 5. The molecule has 0 bridgehead atoms. The lowest BCUT2D eigenvalue weighted by Crippen LogP contribution is -1.96. The number of benzene rings is 15. The first-order valence-electron chi connectivity index (χ1n) is 35.0. The quantitative estimate of drug-likeness (QED) is 0.127. The fourth-order valence-electron chi connectivity index (χ4n) is 13.9. The molecule has 15 aromatic carbocycles. The summed E-state index contributed by atoms with van der Waals surface area (Å²) in [5.41, 5.74) is 19.5. The second-order valence-electron chi connectivity index (χ2n) is 25.2. The normalized spacial score (nSPS) is 10.9. The van der Waals surface area contributed by atoms with Gasteiger partial charge in [0, 0.05) is 58.2 Å². The van der Waals surface area contributed by atoms with Crippen LogP contribution in [0, 0.1) is 0 Å². The third kappa shape index (κ3) is 14.0. The Morgan fingerprint density at radius 2 is 0.385 bits per heavy atom. The second kappa shape index (κ2) is 30.7. The lowest BCUT2D eigenvalue weighted by atomic mass is 9.85. The van der Waals surface area contributed by atoms with Crippen LogP contribution in [0.4, 0.5) is 0 Å². The molecule has 19 aromatic rings. The Balaban J connectivity index is 0.000000138. The lowest BCUT2D eigenvalue weighted by Gasteiger charge is -2.18. The highest BCUT2D eigenvalue weighted by Gasteiger charge is 2.21. The molecule has 0 fully saturated rings. The van der Waals surface area contributed by atoms with Crippen molar-refractivity contribution in [2.75, 3.05) is 0 Å². The topological polar surface area (TPSA) is 77.3 Å². The summed E-state index contributed by atoms with van der Waals surface area (Å²) >= 11 is 0. The summed E-state index contributed by atoms with van der Waals surface area (Å²) in [7, 11) is 0. The second-order valence-corrected chi connectivity index (χ2v) is 25.2. The number of rotatable bonds is 10. The first-order valence-corrected chi connectivity index (χ1v) is 35.0. The van der Waals surface area contributed by atoms with Crippen molar-refractivity contribution in [3.63, 3.8) is 0 Å². The van der Waals surface area contributed by atoms with Crippen molar-refractivity contribution in [2.24, 2.45) is 0 Å². The van der Waals surface area contributed by atoms with Crippen LogP contribution in [0.25, 0.3) is 166 Å². The van der Waals surface area contributed by atoms with E-state index in [-0.39, 0.29) is 0 Å². The van der Waals surface area contributed by atoms with Gasteiger partial charge in [0.1, 0.15) is 0 Å². The largest absolute Gasteiger partial charge is 0.265 e. The Bertz CT molecular complexity index is 5830. The summed E-state index contributed by atoms with van der Waals surface area (Å²) in [6.45, 7) is 0. The molecule has 0 amide bonds. The minimum atomic E-state index is 0.707. The van der Waals surface area contributed by atoms with Crippen molar-refractivity contribution < 1.29 is 0 Å². The van der Waals surface area contributed by atoms with Crippen LogP contribution in [0.5, 0.6) is 0 Å². The molecular formula is C98H68N6. The number of hydrogen-bond acceptors (Lipinski definition) is 6. The van der Waals surface area contributed by atoms with Gasteiger partial charge in [0.2, 0.25) is 0 Å². The molecule has 490 valence electrons. The molecule has 4 heterocycles. The van der Waals surface area contributed by atoms with E-state index in [2.05, 4.69) is 338 Å². The number of hydrogen-bond donors (Lipinski definition) is 0. The van der Waals surface area contributed by atoms with Crippen LogP contribution < -0.4 is 0 Å². The van der Waals surface area contributed by atoms with Crippen LogP contribution in [0.1, 0.15) is 0 Å². The van der Waals surface area contributed by atoms with Gasteiger partial charge in [0.25, 0.3) is 0 Å². The van der Waals surface area contributed by atoms with Gasteiger partial charge in [-0.1, -0.05) is 334 Å². The van der Waals surface area contributed by atoms with Crippen molar-refractivity contribution in [2.45, 2.75) is 0 Å². The van der Waals surface area contributed by atoms with Gasteiger partial charge in [-0.05, 0) is 153 Å². The van der Waals surface area contributed by atoms with Gasteiger partial charge in [0.15, 0.2) is 11.6 Å². The summed E-state index contributed by atoms with van der Waals surface area (Å²) in [5, 5.41) is 12.3. The van der Waals surface area contributed by atoms with E-state index < -0.39 is 0 Å². The molecule has 0 saturated carbocycles. The molecule has 6 nitrogen and oxygen atoms in total. The minimum absolute atomic E-state index is 0.707. The van der Waals surface area contributed by atoms with E-state index in [4.69, 9.17) is 19.9 Å². The highest BCUT2D eigenvalue weighted by Crippen LogP contribution is 2.47. The molecule has 0 atom stereocenters. The first-order chi connectivity index (χ1) is 51.6. The molecule has 4 aromatic heterocycles. The van der Waals surface area contributed by atoms with Crippen molar-refractivity contribution in [1.82, 2.24) is 29.9 Å². The molecule has 0 unspecified atom stereocenters. The lowest BCUT2D eigenvalue weighted by molar-refractivity contribution is 1.18. The molecule has 0 spiro atoms. The van der Waals surface area contributed by atoms with E-state index in [0.717, 1.165) is 67.3 Å². The van der Waals surface area contributed by atoms with Crippen molar-refractivity contribution in [3.05, 3.63) is 413 Å². The van der Waals surface area contributed by atoms with E-state index >= 15 is 0 Å². The highest BCUT2D eigenvalue weighted by atomic mass is 14.9. The van der Waals surface area contributed by atoms with E-state index in [9.17, 15) is 0 Å². The summed E-state index contributed by atoms with van der Waals surface area (Å²) in [4.78, 5) is 28.0. The predicted molar refractivity (Wildman–Crippen MR) is 434 cm³/mol. The summed E-state index contributed by atoms with van der Waals surface area (Å²) in [6.07, 6.45) is 7.00. The van der Waals surface area contributed by atoms with Gasteiger partial charge in [-0.3, -0.25) is 9.97 Å². The third-order valence-electron chi connectivity index (χ3n) is 18.6. The molecule has 0 radical (unpaired) electrons. The minimum Gasteiger partial charge on any atom is -0.265 e. The predicted octanol–water partition coefficient (Wildman–Crippen LogP) is 25.6. The average Bonchev–Trinajstić information content (AvgIpc) is 0.736. The number of nitrogens with zero attached hydrogens (tertiary/aromatic N) is 6. The molecule has 0 N–H and O–H groups in total. The van der Waals surface area contributed by atoms with E-state index in [0.29, 0.717) is 11.6 Å². The SMILES string of the molecule is c1ccc(-c2cc(-c3ccccc3)nc(-c3cccc(-c4c5ccccc5c(-c5ccc6ccccc6c5)c5ccccc45)c3)n2)cc1.c1ccc(-c2cc(-c3ccccc3)nc(-c3cccc(-c4c5ccccc5c(-c5ccccc5)c5ccccc45)c3)n2)cc1.c1ccncc1.c1ccncc1. The van der Waals surface area contributed by atoms with Gasteiger partial charge in [-0.2, -0.15) is 0 Å². The van der Waals surface area contributed by atoms with Crippen molar-refractivity contribution >= 4 is 53.9 Å². The Morgan fingerprint density at radius 3 is 0.683 bits per heavy atom. The van der Waals surface area contributed by atoms with Gasteiger partial charge in [0.05, 0.1) is 22.8 Å². The number of pyridine rings is 2. The molecule has 19 rings (SSSR count). The van der Waals surface area contributed by atoms with Gasteiger partial charge >= 0.3 is 0 Å². The van der Waals surface area contributed by atoms with Gasteiger partial charge < -0.3 is 0 Å². The zero-order valence-electron chi connectivity index (χ0n) is 56.9. The molecule has 0 aliphatic carbocycles. The monoisotopic (exact) mass is 1330 g/mol. The fourth-order valence-corrected chi connectivity index (χ4v) is 13.9. The zero-order chi connectivity index (χ0) is 69.6. The Labute approximate surface area is 605 Å². The Morgan fingerprint density at radius 1 is 0.144 bits per heavy atom. The number of aromatic nitrogens is 6. The summed E-state index contributed by atoms with van der Waals surface area (Å²) in [5.74, 6) is 1.42. The highest BCUT2D eigenvalue weighted by molar-refractivity contribution is 6.23. The third-order valence-corrected chi connectivity index (χ3v) is 18.6. The molecule has 104 heavy (non-hydrogen) atoms. The summed E-state index contributed by atoms with van der Waals surface area (Å²) in [6, 6.07) is 136. The van der Waals surface area contributed by atoms with E-state index in [1.54, 1.807) is 24.8 Å². The molecule has 0 aliphatic rings. The Hall–Kier alpha value is -13.9.